The molecule has 0 aliphatic rings. The summed E-state index contributed by atoms with van der Waals surface area (Å²) < 4.78 is 1.11. The van der Waals surface area contributed by atoms with Gasteiger partial charge in [0.1, 0.15) is 0 Å². The van der Waals surface area contributed by atoms with Gasteiger partial charge >= 0.3 is 97.8 Å². The van der Waals surface area contributed by atoms with Crippen LogP contribution < -0.4 is 0 Å². The van der Waals surface area contributed by atoms with E-state index in [9.17, 15) is 5.11 Å². The molecule has 0 atom stereocenters. The van der Waals surface area contributed by atoms with E-state index in [1.807, 2.05) is 12.1 Å². The normalized spacial score (nSPS) is 10.4. The second-order valence-electron chi connectivity index (χ2n) is 2.76. The Balaban J connectivity index is 2.53. The molecule has 0 fully saturated rings. The molecule has 2 rings (SSSR count). The summed E-state index contributed by atoms with van der Waals surface area (Å²) in [4.78, 5) is 2.06. The van der Waals surface area contributed by atoms with Crippen molar-refractivity contribution in [2.24, 2.45) is 0 Å². The van der Waals surface area contributed by atoms with Gasteiger partial charge in [0.2, 0.25) is 0 Å². The molecule has 1 nitrogen and oxygen atoms in total. The molecular weight excluding hydrogens is 286 g/mol. The minimum absolute atomic E-state index is 0.102. The standard InChI is InChI=1S/C10H6Cl2OSe/c11-7-3-4-14-10(7)6-1-2-9(13)8(12)5-6/h1-5,13H. The Bertz CT molecular complexity index is 465. The third-order valence-corrected chi connectivity index (χ3v) is 4.72. The van der Waals surface area contributed by atoms with Crippen LogP contribution in [0.1, 0.15) is 0 Å². The Kier molecular flexibility index (Phi) is 2.89. The molecule has 14 heavy (non-hydrogen) atoms. The Morgan fingerprint density at radius 3 is 2.43 bits per heavy atom. The predicted octanol–water partition coefficient (Wildman–Crippen LogP) is 3.42. The van der Waals surface area contributed by atoms with Gasteiger partial charge in [-0.15, -0.1) is 0 Å². The van der Waals surface area contributed by atoms with Crippen LogP contribution in [-0.4, -0.2) is 19.6 Å². The number of hydrogen-bond acceptors (Lipinski definition) is 1. The molecule has 1 heterocycles. The Labute approximate surface area is 97.6 Å². The van der Waals surface area contributed by atoms with E-state index in [-0.39, 0.29) is 20.3 Å². The zero-order valence-electron chi connectivity index (χ0n) is 7.00. The second kappa shape index (κ2) is 4.00. The third-order valence-electron chi connectivity index (χ3n) is 1.83. The summed E-state index contributed by atoms with van der Waals surface area (Å²) in [6.45, 7) is 0. The van der Waals surface area contributed by atoms with Crippen molar-refractivity contribution >= 4 is 37.7 Å². The van der Waals surface area contributed by atoms with E-state index in [1.165, 1.54) is 0 Å². The molecule has 1 aromatic heterocycles. The van der Waals surface area contributed by atoms with Crippen LogP contribution in [-0.2, 0) is 0 Å². The first-order valence-corrected chi connectivity index (χ1v) is 6.50. The van der Waals surface area contributed by atoms with Crippen molar-refractivity contribution < 1.29 is 5.11 Å². The Morgan fingerprint density at radius 2 is 1.86 bits per heavy atom. The molecule has 0 amide bonds. The monoisotopic (exact) mass is 292 g/mol. The maximum atomic E-state index is 9.26. The molecule has 0 saturated heterocycles. The van der Waals surface area contributed by atoms with Crippen LogP contribution >= 0.6 is 23.2 Å². The molecule has 0 aliphatic heterocycles. The van der Waals surface area contributed by atoms with Gasteiger partial charge in [-0.25, -0.2) is 0 Å². The zero-order valence-corrected chi connectivity index (χ0v) is 10.2. The fourth-order valence-electron chi connectivity index (χ4n) is 1.15. The van der Waals surface area contributed by atoms with E-state index in [4.69, 9.17) is 23.2 Å². The van der Waals surface area contributed by atoms with E-state index < -0.39 is 0 Å². The van der Waals surface area contributed by atoms with Gasteiger partial charge < -0.3 is 0 Å². The van der Waals surface area contributed by atoms with Crippen LogP contribution in [0.2, 0.25) is 10.0 Å². The molecule has 4 heteroatoms. The van der Waals surface area contributed by atoms with E-state index >= 15 is 0 Å². The number of phenolic OH excluding ortho intramolecular Hbond substituents is 1. The van der Waals surface area contributed by atoms with Crippen LogP contribution in [0, 0.1) is 0 Å². The zero-order chi connectivity index (χ0) is 10.1. The van der Waals surface area contributed by atoms with Gasteiger partial charge in [-0.05, 0) is 0 Å². The molecule has 1 N–H and O–H groups in total. The van der Waals surface area contributed by atoms with Crippen LogP contribution in [0.4, 0.5) is 0 Å². The third kappa shape index (κ3) is 1.84. The van der Waals surface area contributed by atoms with Crippen LogP contribution in [0.25, 0.3) is 10.0 Å². The molecule has 0 aliphatic carbocycles. The summed E-state index contributed by atoms with van der Waals surface area (Å²) in [6, 6.07) is 7.05. The van der Waals surface area contributed by atoms with Crippen LogP contribution in [0.5, 0.6) is 5.75 Å². The van der Waals surface area contributed by atoms with E-state index in [1.54, 1.807) is 12.1 Å². The van der Waals surface area contributed by atoms with E-state index in [0.717, 1.165) is 15.0 Å². The SMILES string of the molecule is Oc1ccc(-c2[se]ccc2Cl)cc1Cl. The number of benzene rings is 1. The molecule has 0 bridgehead atoms. The van der Waals surface area contributed by atoms with E-state index in [2.05, 4.69) is 4.94 Å². The fourth-order valence-corrected chi connectivity index (χ4v) is 3.55. The van der Waals surface area contributed by atoms with Crippen LogP contribution in [0.15, 0.2) is 29.2 Å². The average molecular weight is 292 g/mol. The molecule has 0 saturated carbocycles. The van der Waals surface area contributed by atoms with E-state index in [0.29, 0.717) is 5.02 Å². The van der Waals surface area contributed by atoms with Crippen molar-refractivity contribution in [1.82, 2.24) is 0 Å². The summed E-state index contributed by atoms with van der Waals surface area (Å²) in [6.07, 6.45) is 0. The molecule has 0 unspecified atom stereocenters. The van der Waals surface area contributed by atoms with Crippen molar-refractivity contribution in [1.29, 1.82) is 0 Å². The van der Waals surface area contributed by atoms with Gasteiger partial charge in [0.05, 0.1) is 0 Å². The summed E-state index contributed by atoms with van der Waals surface area (Å²) >= 11 is 12.1. The molecule has 0 radical (unpaired) electrons. The first-order valence-electron chi connectivity index (χ1n) is 3.90. The van der Waals surface area contributed by atoms with Crippen molar-refractivity contribution in [2.75, 3.05) is 0 Å². The Hall–Kier alpha value is -0.401. The minimum atomic E-state index is 0.102. The van der Waals surface area contributed by atoms with Gasteiger partial charge in [-0.1, -0.05) is 0 Å². The summed E-state index contributed by atoms with van der Waals surface area (Å²) in [5.74, 6) is 0.102. The van der Waals surface area contributed by atoms with Crippen molar-refractivity contribution in [3.05, 3.63) is 39.3 Å². The van der Waals surface area contributed by atoms with Crippen molar-refractivity contribution in [2.45, 2.75) is 0 Å². The maximum absolute atomic E-state index is 9.26. The quantitative estimate of drug-likeness (QED) is 0.798. The van der Waals surface area contributed by atoms with Gasteiger partial charge in [0.15, 0.2) is 0 Å². The van der Waals surface area contributed by atoms with Crippen molar-refractivity contribution in [3.63, 3.8) is 0 Å². The first-order chi connectivity index (χ1) is 6.68. The average Bonchev–Trinajstić information content (AvgIpc) is 2.57. The first kappa shape index (κ1) is 10.1. The van der Waals surface area contributed by atoms with Gasteiger partial charge in [0, 0.05) is 0 Å². The predicted molar refractivity (Wildman–Crippen MR) is 60.5 cm³/mol. The number of rotatable bonds is 1. The Morgan fingerprint density at radius 1 is 1.07 bits per heavy atom. The summed E-state index contributed by atoms with van der Waals surface area (Å²) in [5.41, 5.74) is 0.989. The number of hydrogen-bond donors (Lipinski definition) is 1. The summed E-state index contributed by atoms with van der Waals surface area (Å²) in [7, 11) is 0. The summed E-state index contributed by atoms with van der Waals surface area (Å²) in [5, 5.41) is 10.4. The second-order valence-corrected chi connectivity index (χ2v) is 5.50. The van der Waals surface area contributed by atoms with Gasteiger partial charge in [-0.3, -0.25) is 0 Å². The van der Waals surface area contributed by atoms with Gasteiger partial charge in [0.25, 0.3) is 0 Å². The number of halogens is 2. The number of phenols is 1. The molecule has 0 spiro atoms. The molecule has 72 valence electrons. The fraction of sp³-hybridized carbons (Fsp3) is 0. The molecule has 1 aromatic carbocycles. The van der Waals surface area contributed by atoms with Gasteiger partial charge in [-0.2, -0.15) is 0 Å². The number of aromatic hydroxyl groups is 1. The molecule has 2 aromatic rings. The molecular formula is C10H6Cl2OSe. The topological polar surface area (TPSA) is 20.2 Å². The van der Waals surface area contributed by atoms with Crippen molar-refractivity contribution in [3.8, 4) is 15.8 Å². The van der Waals surface area contributed by atoms with Crippen LogP contribution in [0.3, 0.4) is 0 Å².